The van der Waals surface area contributed by atoms with E-state index in [1.165, 1.54) is 32.2 Å². The maximum absolute atomic E-state index is 4.32. The third kappa shape index (κ3) is 2.41. The summed E-state index contributed by atoms with van der Waals surface area (Å²) in [6, 6.07) is 2.79. The van der Waals surface area contributed by atoms with Crippen molar-refractivity contribution in [3.8, 4) is 0 Å². The molecule has 0 saturated carbocycles. The molecule has 0 aromatic carbocycles. The first-order valence-corrected chi connectivity index (χ1v) is 6.68. The summed E-state index contributed by atoms with van der Waals surface area (Å²) >= 11 is 0. The van der Waals surface area contributed by atoms with Gasteiger partial charge in [-0.3, -0.25) is 0 Å². The molecule has 4 nitrogen and oxygen atoms in total. The van der Waals surface area contributed by atoms with Crippen LogP contribution >= 0.6 is 0 Å². The molecule has 0 aliphatic carbocycles. The first kappa shape index (κ1) is 11.0. The van der Waals surface area contributed by atoms with Gasteiger partial charge in [-0.2, -0.15) is 0 Å². The highest BCUT2D eigenvalue weighted by atomic mass is 15.2. The normalized spacial score (nSPS) is 26.4. The van der Waals surface area contributed by atoms with Gasteiger partial charge in [-0.05, 0) is 44.2 Å². The van der Waals surface area contributed by atoms with E-state index >= 15 is 0 Å². The highest BCUT2D eigenvalue weighted by Gasteiger charge is 2.28. The molecule has 3 heterocycles. The Kier molecular flexibility index (Phi) is 3.22. The van der Waals surface area contributed by atoms with Crippen molar-refractivity contribution in [1.29, 1.82) is 0 Å². The van der Waals surface area contributed by atoms with Gasteiger partial charge in [-0.15, -0.1) is 0 Å². The smallest absolute Gasteiger partial charge is 0.131 e. The van der Waals surface area contributed by atoms with E-state index in [0.29, 0.717) is 0 Å². The van der Waals surface area contributed by atoms with Crippen LogP contribution in [-0.2, 0) is 0 Å². The lowest BCUT2D eigenvalue weighted by Crippen LogP contribution is -2.41. The van der Waals surface area contributed by atoms with Crippen LogP contribution in [0.25, 0.3) is 0 Å². The number of anilines is 1. The molecule has 2 aliphatic heterocycles. The van der Waals surface area contributed by atoms with E-state index in [2.05, 4.69) is 20.2 Å². The molecular formula is C13H20N4. The fraction of sp³-hybridized carbons (Fsp3) is 0.692. The van der Waals surface area contributed by atoms with Crippen LogP contribution in [0.15, 0.2) is 18.6 Å². The molecule has 2 aliphatic rings. The van der Waals surface area contributed by atoms with Gasteiger partial charge in [0.25, 0.3) is 0 Å². The van der Waals surface area contributed by atoms with Gasteiger partial charge in [-0.1, -0.05) is 0 Å². The second kappa shape index (κ2) is 5.00. The van der Waals surface area contributed by atoms with Gasteiger partial charge in [0.15, 0.2) is 0 Å². The lowest BCUT2D eigenvalue weighted by molar-refractivity contribution is 0.318. The van der Waals surface area contributed by atoms with Gasteiger partial charge in [0.05, 0.1) is 0 Å². The highest BCUT2D eigenvalue weighted by Crippen LogP contribution is 2.27. The van der Waals surface area contributed by atoms with Crippen molar-refractivity contribution in [2.24, 2.45) is 5.92 Å². The summed E-state index contributed by atoms with van der Waals surface area (Å²) in [5.41, 5.74) is 0. The lowest BCUT2D eigenvalue weighted by Gasteiger charge is -2.35. The Morgan fingerprint density at radius 3 is 2.76 bits per heavy atom. The Morgan fingerprint density at radius 1 is 1.24 bits per heavy atom. The Balaban J connectivity index is 1.57. The minimum Gasteiger partial charge on any atom is -0.357 e. The van der Waals surface area contributed by atoms with Crippen molar-refractivity contribution in [3.05, 3.63) is 18.6 Å². The standard InChI is InChI=1S/C13H20N4/c1-2-12(15-6-1)11-4-8-17(9-5-11)13-3-7-14-10-16-13/h3,7,10-12,15H,1-2,4-6,8-9H2. The van der Waals surface area contributed by atoms with Crippen LogP contribution in [0.5, 0.6) is 0 Å². The molecule has 1 unspecified atom stereocenters. The van der Waals surface area contributed by atoms with Crippen LogP contribution in [0.1, 0.15) is 25.7 Å². The molecule has 0 amide bonds. The number of aromatic nitrogens is 2. The molecule has 0 bridgehead atoms. The number of nitrogens with one attached hydrogen (secondary N) is 1. The first-order chi connectivity index (χ1) is 8.43. The molecule has 1 atom stereocenters. The summed E-state index contributed by atoms with van der Waals surface area (Å²) < 4.78 is 0. The molecule has 0 radical (unpaired) electrons. The number of hydrogen-bond acceptors (Lipinski definition) is 4. The predicted octanol–water partition coefficient (Wildman–Crippen LogP) is 1.45. The zero-order valence-electron chi connectivity index (χ0n) is 10.2. The van der Waals surface area contributed by atoms with Gasteiger partial charge >= 0.3 is 0 Å². The summed E-state index contributed by atoms with van der Waals surface area (Å²) in [5.74, 6) is 1.95. The zero-order valence-corrected chi connectivity index (χ0v) is 10.2. The van der Waals surface area contributed by atoms with E-state index < -0.39 is 0 Å². The fourth-order valence-corrected chi connectivity index (χ4v) is 3.12. The Hall–Kier alpha value is -1.16. The van der Waals surface area contributed by atoms with Crippen LogP contribution in [0, 0.1) is 5.92 Å². The molecule has 1 N–H and O–H groups in total. The molecule has 1 aromatic heterocycles. The van der Waals surface area contributed by atoms with Crippen molar-refractivity contribution in [2.45, 2.75) is 31.7 Å². The average molecular weight is 232 g/mol. The molecule has 2 saturated heterocycles. The van der Waals surface area contributed by atoms with E-state index in [0.717, 1.165) is 30.9 Å². The quantitative estimate of drug-likeness (QED) is 0.838. The van der Waals surface area contributed by atoms with E-state index in [4.69, 9.17) is 0 Å². The summed E-state index contributed by atoms with van der Waals surface area (Å²) in [6.45, 7) is 3.50. The van der Waals surface area contributed by atoms with Crippen LogP contribution in [0.3, 0.4) is 0 Å². The minimum absolute atomic E-state index is 0.780. The topological polar surface area (TPSA) is 41.0 Å². The van der Waals surface area contributed by atoms with Crippen molar-refractivity contribution in [3.63, 3.8) is 0 Å². The van der Waals surface area contributed by atoms with Crippen LogP contribution in [0.4, 0.5) is 5.82 Å². The first-order valence-electron chi connectivity index (χ1n) is 6.68. The third-order valence-corrected chi connectivity index (χ3v) is 4.10. The van der Waals surface area contributed by atoms with Crippen LogP contribution in [-0.4, -0.2) is 35.6 Å². The van der Waals surface area contributed by atoms with Crippen molar-refractivity contribution < 1.29 is 0 Å². The van der Waals surface area contributed by atoms with Gasteiger partial charge in [-0.25, -0.2) is 9.97 Å². The second-order valence-electron chi connectivity index (χ2n) is 5.09. The molecule has 92 valence electrons. The van der Waals surface area contributed by atoms with Crippen molar-refractivity contribution in [1.82, 2.24) is 15.3 Å². The van der Waals surface area contributed by atoms with E-state index in [1.807, 2.05) is 12.3 Å². The van der Waals surface area contributed by atoms with E-state index in [1.54, 1.807) is 6.33 Å². The summed E-state index contributed by atoms with van der Waals surface area (Å²) in [6.07, 6.45) is 8.78. The second-order valence-corrected chi connectivity index (χ2v) is 5.09. The maximum atomic E-state index is 4.32. The Bertz CT molecular complexity index is 340. The third-order valence-electron chi connectivity index (χ3n) is 4.10. The molecule has 0 spiro atoms. The SMILES string of the molecule is c1cc(N2CCC(C3CCCN3)CC2)ncn1. The summed E-state index contributed by atoms with van der Waals surface area (Å²) in [4.78, 5) is 10.7. The minimum atomic E-state index is 0.780. The van der Waals surface area contributed by atoms with Gasteiger partial charge in [0.1, 0.15) is 12.1 Å². The highest BCUT2D eigenvalue weighted by molar-refractivity contribution is 5.36. The predicted molar refractivity (Wildman–Crippen MR) is 68.0 cm³/mol. The number of hydrogen-bond donors (Lipinski definition) is 1. The van der Waals surface area contributed by atoms with Crippen molar-refractivity contribution in [2.75, 3.05) is 24.5 Å². The van der Waals surface area contributed by atoms with Gasteiger partial charge in [0.2, 0.25) is 0 Å². The average Bonchev–Trinajstić information content (AvgIpc) is 2.94. The molecular weight excluding hydrogens is 212 g/mol. The van der Waals surface area contributed by atoms with Crippen molar-refractivity contribution >= 4 is 5.82 Å². The molecule has 4 heteroatoms. The Labute approximate surface area is 102 Å². The summed E-state index contributed by atoms with van der Waals surface area (Å²) in [7, 11) is 0. The molecule has 2 fully saturated rings. The Morgan fingerprint density at radius 2 is 2.12 bits per heavy atom. The number of rotatable bonds is 2. The summed E-state index contributed by atoms with van der Waals surface area (Å²) in [5, 5.41) is 3.64. The van der Waals surface area contributed by atoms with Crippen LogP contribution in [0.2, 0.25) is 0 Å². The largest absolute Gasteiger partial charge is 0.357 e. The van der Waals surface area contributed by atoms with Gasteiger partial charge in [0, 0.05) is 25.3 Å². The fourth-order valence-electron chi connectivity index (χ4n) is 3.12. The van der Waals surface area contributed by atoms with E-state index in [-0.39, 0.29) is 0 Å². The molecule has 1 aromatic rings. The van der Waals surface area contributed by atoms with E-state index in [9.17, 15) is 0 Å². The number of piperidine rings is 1. The maximum Gasteiger partial charge on any atom is 0.131 e. The van der Waals surface area contributed by atoms with Gasteiger partial charge < -0.3 is 10.2 Å². The monoisotopic (exact) mass is 232 g/mol. The number of nitrogens with zero attached hydrogens (tertiary/aromatic N) is 3. The van der Waals surface area contributed by atoms with Crippen LogP contribution < -0.4 is 10.2 Å². The zero-order chi connectivity index (χ0) is 11.5. The molecule has 3 rings (SSSR count). The lowest BCUT2D eigenvalue weighted by atomic mass is 9.88. The molecule has 17 heavy (non-hydrogen) atoms.